The van der Waals surface area contributed by atoms with Gasteiger partial charge in [-0.3, -0.25) is 9.59 Å². The SMILES string of the molecule is CCNCCC1(/C(N)=N/NN)C(/C=C\C(C)C(=O)NC)=C(C)c2cc(C(=O)NC)ccc21. The maximum absolute atomic E-state index is 12.3. The molecule has 0 bridgehead atoms. The zero-order valence-electron chi connectivity index (χ0n) is 19.5. The molecule has 9 heteroatoms. The van der Waals surface area contributed by atoms with Gasteiger partial charge >= 0.3 is 0 Å². The van der Waals surface area contributed by atoms with Crippen molar-refractivity contribution in [2.45, 2.75) is 32.6 Å². The van der Waals surface area contributed by atoms with Crippen molar-refractivity contribution < 1.29 is 9.59 Å². The van der Waals surface area contributed by atoms with Crippen LogP contribution in [0.15, 0.2) is 41.0 Å². The van der Waals surface area contributed by atoms with Crippen molar-refractivity contribution in [1.82, 2.24) is 21.5 Å². The lowest BCUT2D eigenvalue weighted by atomic mass is 9.72. The molecule has 32 heavy (non-hydrogen) atoms. The van der Waals surface area contributed by atoms with Gasteiger partial charge in [-0.15, -0.1) is 0 Å². The molecule has 0 aromatic heterocycles. The third-order valence-corrected chi connectivity index (χ3v) is 6.00. The van der Waals surface area contributed by atoms with Crippen LogP contribution in [-0.2, 0) is 10.2 Å². The summed E-state index contributed by atoms with van der Waals surface area (Å²) in [6.45, 7) is 7.36. The van der Waals surface area contributed by atoms with E-state index in [-0.39, 0.29) is 17.7 Å². The van der Waals surface area contributed by atoms with Crippen LogP contribution in [0.3, 0.4) is 0 Å². The van der Waals surface area contributed by atoms with E-state index in [9.17, 15) is 9.59 Å². The lowest BCUT2D eigenvalue weighted by Crippen LogP contribution is -2.45. The van der Waals surface area contributed by atoms with Gasteiger partial charge in [0.1, 0.15) is 5.84 Å². The minimum absolute atomic E-state index is 0.0829. The fourth-order valence-corrected chi connectivity index (χ4v) is 4.24. The number of hydrazine groups is 1. The summed E-state index contributed by atoms with van der Waals surface area (Å²) in [6.07, 6.45) is 4.42. The van der Waals surface area contributed by atoms with E-state index >= 15 is 0 Å². The molecule has 0 radical (unpaired) electrons. The average molecular weight is 442 g/mol. The Morgan fingerprint density at radius 2 is 1.97 bits per heavy atom. The molecule has 0 saturated heterocycles. The van der Waals surface area contributed by atoms with Gasteiger partial charge in [0.25, 0.3) is 5.91 Å². The molecule has 0 aliphatic heterocycles. The number of nitrogens with zero attached hydrogens (tertiary/aromatic N) is 1. The van der Waals surface area contributed by atoms with E-state index in [2.05, 4.69) is 26.6 Å². The molecule has 2 unspecified atom stereocenters. The zero-order chi connectivity index (χ0) is 23.9. The Bertz CT molecular complexity index is 952. The number of fused-ring (bicyclic) bond motifs is 1. The molecule has 0 fully saturated rings. The van der Waals surface area contributed by atoms with Crippen molar-refractivity contribution >= 4 is 23.2 Å². The third-order valence-electron chi connectivity index (χ3n) is 6.00. The van der Waals surface area contributed by atoms with Crippen LogP contribution >= 0.6 is 0 Å². The average Bonchev–Trinajstić information content (AvgIpc) is 3.04. The van der Waals surface area contributed by atoms with E-state index < -0.39 is 5.41 Å². The number of carbonyl (C=O) groups is 2. The number of carbonyl (C=O) groups excluding carboxylic acids is 2. The standard InChI is InChI=1S/C23H35N7O2/c1-6-28-12-11-23(22(24)29-30-25)18(9-7-14(2)20(31)26-4)15(3)17-13-16(21(32)27-5)8-10-19(17)23/h7-10,13-14,28,30H,6,11-12,25H2,1-5H3,(H2,24,29)(H,26,31)(H,27,32)/b9-7-. The van der Waals surface area contributed by atoms with Crippen LogP contribution in [0.2, 0.25) is 0 Å². The number of nitrogens with one attached hydrogen (secondary N) is 4. The lowest BCUT2D eigenvalue weighted by Gasteiger charge is -2.33. The van der Waals surface area contributed by atoms with E-state index in [1.54, 1.807) is 20.2 Å². The number of hydrogen-bond donors (Lipinski definition) is 6. The number of amides is 2. The van der Waals surface area contributed by atoms with E-state index in [0.717, 1.165) is 28.8 Å². The molecule has 1 aromatic carbocycles. The maximum atomic E-state index is 12.3. The Hall–Kier alpha value is -3.17. The molecule has 0 saturated carbocycles. The first-order valence-corrected chi connectivity index (χ1v) is 10.8. The first kappa shape index (κ1) is 25.1. The molecule has 1 aliphatic carbocycles. The van der Waals surface area contributed by atoms with Gasteiger partial charge < -0.3 is 21.7 Å². The van der Waals surface area contributed by atoms with Crippen molar-refractivity contribution in [2.24, 2.45) is 22.6 Å². The van der Waals surface area contributed by atoms with Crippen LogP contribution in [0, 0.1) is 5.92 Å². The molecular weight excluding hydrogens is 406 g/mol. The fourth-order valence-electron chi connectivity index (χ4n) is 4.24. The minimum Gasteiger partial charge on any atom is -0.385 e. The Labute approximate surface area is 189 Å². The predicted octanol–water partition coefficient (Wildman–Crippen LogP) is 0.745. The van der Waals surface area contributed by atoms with Crippen LogP contribution in [0.25, 0.3) is 5.57 Å². The first-order valence-electron chi connectivity index (χ1n) is 10.8. The molecule has 8 N–H and O–H groups in total. The fraction of sp³-hybridized carbons (Fsp3) is 0.435. The molecule has 1 aromatic rings. The highest BCUT2D eigenvalue weighted by molar-refractivity contribution is 6.04. The summed E-state index contributed by atoms with van der Waals surface area (Å²) >= 11 is 0. The highest BCUT2D eigenvalue weighted by Gasteiger charge is 2.46. The third kappa shape index (κ3) is 4.68. The van der Waals surface area contributed by atoms with Gasteiger partial charge in [0.05, 0.1) is 11.3 Å². The van der Waals surface area contributed by atoms with Crippen molar-refractivity contribution in [3.05, 3.63) is 52.6 Å². The lowest BCUT2D eigenvalue weighted by molar-refractivity contribution is -0.122. The molecule has 2 amide bonds. The van der Waals surface area contributed by atoms with Crippen molar-refractivity contribution in [3.8, 4) is 0 Å². The number of amidine groups is 1. The van der Waals surface area contributed by atoms with Gasteiger partial charge in [-0.05, 0) is 60.8 Å². The van der Waals surface area contributed by atoms with Crippen LogP contribution < -0.4 is 33.1 Å². The van der Waals surface area contributed by atoms with Crippen LogP contribution in [-0.4, -0.2) is 44.8 Å². The summed E-state index contributed by atoms with van der Waals surface area (Å²) in [6, 6.07) is 5.59. The molecule has 1 aliphatic rings. The Balaban J connectivity index is 2.75. The number of hydrogen-bond acceptors (Lipinski definition) is 6. The Morgan fingerprint density at radius 3 is 2.56 bits per heavy atom. The number of benzene rings is 1. The molecule has 0 spiro atoms. The van der Waals surface area contributed by atoms with E-state index in [1.807, 2.05) is 45.1 Å². The summed E-state index contributed by atoms with van der Waals surface area (Å²) in [7, 11) is 3.21. The second-order valence-corrected chi connectivity index (χ2v) is 7.78. The molecule has 2 atom stereocenters. The van der Waals surface area contributed by atoms with E-state index in [0.29, 0.717) is 24.4 Å². The molecule has 2 rings (SSSR count). The van der Waals surface area contributed by atoms with Gasteiger partial charge in [-0.25, -0.2) is 11.4 Å². The summed E-state index contributed by atoms with van der Waals surface area (Å²) in [4.78, 5) is 24.3. The monoisotopic (exact) mass is 441 g/mol. The van der Waals surface area contributed by atoms with Gasteiger partial charge in [0, 0.05) is 19.7 Å². The van der Waals surface area contributed by atoms with E-state index in [4.69, 9.17) is 11.6 Å². The normalized spacial score (nSPS) is 19.1. The Morgan fingerprint density at radius 1 is 1.25 bits per heavy atom. The highest BCUT2D eigenvalue weighted by atomic mass is 16.2. The molecule has 0 heterocycles. The summed E-state index contributed by atoms with van der Waals surface area (Å²) in [5.41, 5.74) is 12.4. The summed E-state index contributed by atoms with van der Waals surface area (Å²) in [5, 5.41) is 12.8. The van der Waals surface area contributed by atoms with Gasteiger partial charge in [0.15, 0.2) is 0 Å². The number of allylic oxidation sites excluding steroid dienone is 2. The second-order valence-electron chi connectivity index (χ2n) is 7.78. The van der Waals surface area contributed by atoms with Gasteiger partial charge in [-0.1, -0.05) is 32.1 Å². The number of rotatable bonds is 10. The Kier molecular flexibility index (Phi) is 8.56. The molecule has 174 valence electrons. The maximum Gasteiger partial charge on any atom is 0.251 e. The molecular formula is C23H35N7O2. The zero-order valence-corrected chi connectivity index (χ0v) is 19.5. The first-order chi connectivity index (χ1) is 15.3. The highest BCUT2D eigenvalue weighted by Crippen LogP contribution is 2.49. The summed E-state index contributed by atoms with van der Waals surface area (Å²) < 4.78 is 0. The van der Waals surface area contributed by atoms with Crippen LogP contribution in [0.5, 0.6) is 0 Å². The van der Waals surface area contributed by atoms with E-state index in [1.165, 1.54) is 0 Å². The topological polar surface area (TPSA) is 147 Å². The van der Waals surface area contributed by atoms with Crippen molar-refractivity contribution in [1.29, 1.82) is 0 Å². The van der Waals surface area contributed by atoms with Crippen molar-refractivity contribution in [3.63, 3.8) is 0 Å². The van der Waals surface area contributed by atoms with Crippen LogP contribution in [0.4, 0.5) is 0 Å². The van der Waals surface area contributed by atoms with Crippen LogP contribution in [0.1, 0.15) is 48.7 Å². The quantitative estimate of drug-likeness (QED) is 0.104. The minimum atomic E-state index is -0.770. The smallest absolute Gasteiger partial charge is 0.251 e. The van der Waals surface area contributed by atoms with Gasteiger partial charge in [-0.2, -0.15) is 5.10 Å². The van der Waals surface area contributed by atoms with Crippen molar-refractivity contribution in [2.75, 3.05) is 27.2 Å². The molecule has 9 nitrogen and oxygen atoms in total. The second kappa shape index (κ2) is 10.9. The largest absolute Gasteiger partial charge is 0.385 e. The number of nitrogens with two attached hydrogens (primary N) is 2. The summed E-state index contributed by atoms with van der Waals surface area (Å²) in [5.74, 6) is 5.24. The number of hydrazone groups is 1. The van der Waals surface area contributed by atoms with Gasteiger partial charge in [0.2, 0.25) is 5.91 Å². The predicted molar refractivity (Wildman–Crippen MR) is 129 cm³/mol.